The van der Waals surface area contributed by atoms with Gasteiger partial charge in [-0.15, -0.1) is 0 Å². The molecule has 6 unspecified atom stereocenters. The molecule has 0 saturated heterocycles. The van der Waals surface area contributed by atoms with Crippen LogP contribution in [0.2, 0.25) is 0 Å². The average molecular weight is 329 g/mol. The Morgan fingerprint density at radius 1 is 1.05 bits per heavy atom. The first-order chi connectivity index (χ1) is 8.91. The van der Waals surface area contributed by atoms with E-state index in [9.17, 15) is 18.3 Å². The topological polar surface area (TPSA) is 80.7 Å². The summed E-state index contributed by atoms with van der Waals surface area (Å²) in [7, 11) is 2.72. The maximum atomic E-state index is 11.7. The van der Waals surface area contributed by atoms with E-state index in [-0.39, 0.29) is 29.6 Å². The first-order valence-corrected chi connectivity index (χ1v) is 9.29. The van der Waals surface area contributed by atoms with Gasteiger partial charge in [0.15, 0.2) is 0 Å². The Balaban J connectivity index is 0.000000621. The molecule has 1 saturated carbocycles. The zero-order valence-corrected chi connectivity index (χ0v) is 14.4. The van der Waals surface area contributed by atoms with Crippen molar-refractivity contribution in [2.24, 2.45) is 29.6 Å². The molecule has 6 atom stereocenters. The summed E-state index contributed by atoms with van der Waals surface area (Å²) in [6.07, 6.45) is 0.523. The molecule has 5 nitrogen and oxygen atoms in total. The van der Waals surface area contributed by atoms with Crippen LogP contribution in [-0.4, -0.2) is 39.0 Å². The molecule has 1 N–H and O–H groups in total. The predicted molar refractivity (Wildman–Crippen MR) is 78.9 cm³/mol. The Hall–Kier alpha value is -0.330. The van der Waals surface area contributed by atoms with E-state index >= 15 is 0 Å². The van der Waals surface area contributed by atoms with E-state index in [1.807, 2.05) is 6.92 Å². The maximum Gasteiger partial charge on any atom is 0.309 e. The molecule has 0 heterocycles. The fourth-order valence-electron chi connectivity index (χ4n) is 2.85. The van der Waals surface area contributed by atoms with Crippen LogP contribution in [0.1, 0.15) is 27.7 Å². The third-order valence-electron chi connectivity index (χ3n) is 4.34. The molecule has 0 spiro atoms. The Bertz CT molecular complexity index is 398. The van der Waals surface area contributed by atoms with Crippen molar-refractivity contribution in [3.05, 3.63) is 0 Å². The minimum atomic E-state index is -3.19. The number of esters is 1. The minimum absolute atomic E-state index is 0.0151. The second kappa shape index (κ2) is 7.61. The largest absolute Gasteiger partial charge is 0.469 e. The lowest BCUT2D eigenvalue weighted by Crippen LogP contribution is -2.48. The van der Waals surface area contributed by atoms with Crippen LogP contribution in [0.4, 0.5) is 0 Å². The lowest BCUT2D eigenvalue weighted by atomic mass is 9.62. The number of aliphatic hydroxyl groups is 1. The lowest BCUT2D eigenvalue weighted by molar-refractivity contribution is -0.159. The molecule has 1 aliphatic carbocycles. The van der Waals surface area contributed by atoms with Crippen molar-refractivity contribution < 1.29 is 23.1 Å². The van der Waals surface area contributed by atoms with E-state index in [1.165, 1.54) is 7.11 Å². The van der Waals surface area contributed by atoms with E-state index in [1.54, 1.807) is 0 Å². The van der Waals surface area contributed by atoms with Crippen LogP contribution in [-0.2, 0) is 18.6 Å². The smallest absolute Gasteiger partial charge is 0.309 e. The SMILES string of the molecule is COC(=O)C1C(C)C(C)C(C)C(O)C1C.CS(=O)(=O)Cl. The van der Waals surface area contributed by atoms with Crippen molar-refractivity contribution in [3.8, 4) is 0 Å². The molecule has 20 heavy (non-hydrogen) atoms. The summed E-state index contributed by atoms with van der Waals surface area (Å²) in [5, 5.41) is 10.0. The van der Waals surface area contributed by atoms with Crippen molar-refractivity contribution in [3.63, 3.8) is 0 Å². The number of hydrogen-bond acceptors (Lipinski definition) is 5. The van der Waals surface area contributed by atoms with Crippen LogP contribution in [0.15, 0.2) is 0 Å². The molecule has 0 radical (unpaired) electrons. The molecule has 0 amide bonds. The lowest BCUT2D eigenvalue weighted by Gasteiger charge is -2.44. The molecular weight excluding hydrogens is 304 g/mol. The van der Waals surface area contributed by atoms with Crippen LogP contribution in [0.5, 0.6) is 0 Å². The molecule has 0 aromatic rings. The first kappa shape index (κ1) is 19.7. The van der Waals surface area contributed by atoms with Crippen molar-refractivity contribution in [2.45, 2.75) is 33.8 Å². The summed E-state index contributed by atoms with van der Waals surface area (Å²) in [6.45, 7) is 8.16. The highest BCUT2D eigenvalue weighted by Gasteiger charge is 2.46. The molecule has 0 aromatic heterocycles. The number of aliphatic hydroxyl groups excluding tert-OH is 1. The van der Waals surface area contributed by atoms with Crippen molar-refractivity contribution >= 4 is 25.7 Å². The van der Waals surface area contributed by atoms with Gasteiger partial charge >= 0.3 is 5.97 Å². The van der Waals surface area contributed by atoms with Crippen molar-refractivity contribution in [1.29, 1.82) is 0 Å². The number of carbonyl (C=O) groups is 1. The van der Waals surface area contributed by atoms with Crippen LogP contribution in [0.3, 0.4) is 0 Å². The van der Waals surface area contributed by atoms with E-state index in [4.69, 9.17) is 4.74 Å². The fourth-order valence-corrected chi connectivity index (χ4v) is 2.85. The molecule has 1 aliphatic rings. The molecule has 1 fully saturated rings. The van der Waals surface area contributed by atoms with E-state index in [0.29, 0.717) is 5.92 Å². The zero-order valence-electron chi connectivity index (χ0n) is 12.8. The summed E-state index contributed by atoms with van der Waals surface area (Å²) in [5.41, 5.74) is 0. The maximum absolute atomic E-state index is 11.7. The van der Waals surface area contributed by atoms with Crippen LogP contribution in [0.25, 0.3) is 0 Å². The molecule has 1 rings (SSSR count). The van der Waals surface area contributed by atoms with Gasteiger partial charge in [0.1, 0.15) is 0 Å². The van der Waals surface area contributed by atoms with Gasteiger partial charge in [0.2, 0.25) is 9.05 Å². The van der Waals surface area contributed by atoms with Gasteiger partial charge in [-0.05, 0) is 23.7 Å². The van der Waals surface area contributed by atoms with Crippen molar-refractivity contribution in [1.82, 2.24) is 0 Å². The molecule has 0 aromatic carbocycles. The first-order valence-electron chi connectivity index (χ1n) is 6.57. The number of ether oxygens (including phenoxy) is 1. The monoisotopic (exact) mass is 328 g/mol. The molecule has 7 heteroatoms. The zero-order chi connectivity index (χ0) is 16.2. The van der Waals surface area contributed by atoms with Gasteiger partial charge in [-0.1, -0.05) is 27.7 Å². The summed E-state index contributed by atoms with van der Waals surface area (Å²) in [6, 6.07) is 0. The fraction of sp³-hybridized carbons (Fsp3) is 0.923. The second-order valence-corrected chi connectivity index (χ2v) is 8.70. The van der Waals surface area contributed by atoms with Crippen LogP contribution in [0, 0.1) is 29.6 Å². The van der Waals surface area contributed by atoms with Gasteiger partial charge < -0.3 is 9.84 Å². The average Bonchev–Trinajstić information content (AvgIpc) is 2.32. The number of rotatable bonds is 1. The highest BCUT2D eigenvalue weighted by atomic mass is 35.7. The van der Waals surface area contributed by atoms with Gasteiger partial charge in [0.05, 0.1) is 25.4 Å². The summed E-state index contributed by atoms with van der Waals surface area (Å²) >= 11 is 0. The third kappa shape index (κ3) is 5.58. The predicted octanol–water partition coefficient (Wildman–Crippen LogP) is 1.88. The molecule has 0 bridgehead atoms. The Morgan fingerprint density at radius 3 is 1.80 bits per heavy atom. The third-order valence-corrected chi connectivity index (χ3v) is 4.34. The number of carbonyl (C=O) groups excluding carboxylic acids is 1. The minimum Gasteiger partial charge on any atom is -0.469 e. The normalized spacial score (nSPS) is 37.6. The van der Waals surface area contributed by atoms with Gasteiger partial charge in [0, 0.05) is 10.7 Å². The highest BCUT2D eigenvalue weighted by Crippen LogP contribution is 2.42. The molecule has 120 valence electrons. The number of methoxy groups -OCH3 is 1. The van der Waals surface area contributed by atoms with E-state index < -0.39 is 15.2 Å². The quantitative estimate of drug-likeness (QED) is 0.587. The van der Waals surface area contributed by atoms with Crippen LogP contribution < -0.4 is 0 Å². The second-order valence-electron chi connectivity index (χ2n) is 5.66. The summed E-state index contributed by atoms with van der Waals surface area (Å²) in [4.78, 5) is 11.7. The number of hydrogen-bond donors (Lipinski definition) is 1. The number of halogens is 1. The Morgan fingerprint density at radius 2 is 1.45 bits per heavy atom. The van der Waals surface area contributed by atoms with Crippen LogP contribution >= 0.6 is 10.7 Å². The van der Waals surface area contributed by atoms with Gasteiger partial charge in [-0.3, -0.25) is 4.79 Å². The van der Waals surface area contributed by atoms with E-state index in [2.05, 4.69) is 31.5 Å². The summed E-state index contributed by atoms with van der Waals surface area (Å²) < 4.78 is 23.6. The van der Waals surface area contributed by atoms with Gasteiger partial charge in [-0.25, -0.2) is 8.42 Å². The standard InChI is InChI=1S/C12H22O3.CH3ClO2S/c1-6-7(2)10(12(14)15-5)9(4)11(13)8(6)3;1-5(2,3)4/h6-11,13H,1-5H3;1H3. The Kier molecular flexibility index (Phi) is 7.49. The molecular formula is C13H25ClO5S. The molecule has 0 aliphatic heterocycles. The van der Waals surface area contributed by atoms with Crippen molar-refractivity contribution in [2.75, 3.05) is 13.4 Å². The highest BCUT2D eigenvalue weighted by molar-refractivity contribution is 8.13. The van der Waals surface area contributed by atoms with E-state index in [0.717, 1.165) is 6.26 Å². The van der Waals surface area contributed by atoms with Gasteiger partial charge in [-0.2, -0.15) is 0 Å². The van der Waals surface area contributed by atoms with Gasteiger partial charge in [0.25, 0.3) is 0 Å². The Labute approximate surface area is 126 Å². The summed E-state index contributed by atoms with van der Waals surface area (Å²) in [5.74, 6) is 0.490.